The van der Waals surface area contributed by atoms with Crippen molar-refractivity contribution >= 4 is 12.1 Å². The molecule has 1 amide bonds. The molecule has 0 radical (unpaired) electrons. The summed E-state index contributed by atoms with van der Waals surface area (Å²) in [7, 11) is 3.27. The fraction of sp³-hybridized carbons (Fsp3) is 0.556. The van der Waals surface area contributed by atoms with Crippen molar-refractivity contribution in [1.82, 2.24) is 4.90 Å². The van der Waals surface area contributed by atoms with Crippen molar-refractivity contribution in [1.29, 1.82) is 0 Å². The molecule has 2 atom stereocenters. The van der Waals surface area contributed by atoms with E-state index in [0.29, 0.717) is 12.8 Å². The third kappa shape index (κ3) is 4.24. The Hall–Kier alpha value is -2.04. The molecule has 5 nitrogen and oxygen atoms in total. The van der Waals surface area contributed by atoms with Crippen LogP contribution in [0.25, 0.3) is 0 Å². The van der Waals surface area contributed by atoms with Gasteiger partial charge in [0.15, 0.2) is 0 Å². The number of rotatable bonds is 4. The van der Waals surface area contributed by atoms with Crippen LogP contribution >= 0.6 is 0 Å². The minimum atomic E-state index is -0.779. The molecule has 1 aromatic rings. The van der Waals surface area contributed by atoms with Gasteiger partial charge in [-0.05, 0) is 31.7 Å². The van der Waals surface area contributed by atoms with E-state index in [4.69, 9.17) is 9.47 Å². The van der Waals surface area contributed by atoms with Crippen LogP contribution in [-0.2, 0) is 20.9 Å². The minimum absolute atomic E-state index is 0.240. The predicted molar refractivity (Wildman–Crippen MR) is 86.8 cm³/mol. The quantitative estimate of drug-likeness (QED) is 0.798. The molecule has 0 saturated heterocycles. The van der Waals surface area contributed by atoms with E-state index in [1.165, 1.54) is 4.90 Å². The van der Waals surface area contributed by atoms with Gasteiger partial charge in [-0.1, -0.05) is 36.8 Å². The van der Waals surface area contributed by atoms with E-state index in [9.17, 15) is 9.59 Å². The highest BCUT2D eigenvalue weighted by Crippen LogP contribution is 2.39. The first-order valence-electron chi connectivity index (χ1n) is 8.02. The Morgan fingerprint density at radius 2 is 1.91 bits per heavy atom. The van der Waals surface area contributed by atoms with Crippen molar-refractivity contribution < 1.29 is 19.1 Å². The second kappa shape index (κ2) is 7.49. The van der Waals surface area contributed by atoms with Crippen LogP contribution in [0.1, 0.15) is 38.2 Å². The van der Waals surface area contributed by atoms with Crippen molar-refractivity contribution in [2.75, 3.05) is 14.1 Å². The van der Waals surface area contributed by atoms with Gasteiger partial charge in [0.2, 0.25) is 0 Å². The number of esters is 1. The van der Waals surface area contributed by atoms with Gasteiger partial charge in [-0.25, -0.2) is 4.79 Å². The smallest absolute Gasteiger partial charge is 0.409 e. The van der Waals surface area contributed by atoms with E-state index >= 15 is 0 Å². The van der Waals surface area contributed by atoms with Crippen LogP contribution in [-0.4, -0.2) is 37.2 Å². The molecule has 0 N–H and O–H groups in total. The van der Waals surface area contributed by atoms with Gasteiger partial charge in [-0.15, -0.1) is 0 Å². The number of hydrogen-bond donors (Lipinski definition) is 0. The van der Waals surface area contributed by atoms with E-state index in [1.807, 2.05) is 37.3 Å². The molecule has 0 heterocycles. The highest BCUT2D eigenvalue weighted by molar-refractivity contribution is 5.78. The van der Waals surface area contributed by atoms with Crippen LogP contribution in [0, 0.1) is 5.41 Å². The molecule has 1 aliphatic carbocycles. The summed E-state index contributed by atoms with van der Waals surface area (Å²) in [5.74, 6) is -0.294. The van der Waals surface area contributed by atoms with Gasteiger partial charge in [-0.3, -0.25) is 4.79 Å². The Morgan fingerprint density at radius 3 is 2.57 bits per heavy atom. The molecular formula is C18H25NO4. The van der Waals surface area contributed by atoms with E-state index in [-0.39, 0.29) is 12.6 Å². The van der Waals surface area contributed by atoms with Crippen molar-refractivity contribution in [3.05, 3.63) is 35.9 Å². The average Bonchev–Trinajstić information content (AvgIpc) is 2.55. The van der Waals surface area contributed by atoms with Gasteiger partial charge in [0.1, 0.15) is 18.1 Å². The zero-order valence-corrected chi connectivity index (χ0v) is 14.1. The Labute approximate surface area is 137 Å². The van der Waals surface area contributed by atoms with Gasteiger partial charge in [0.05, 0.1) is 0 Å². The van der Waals surface area contributed by atoms with Crippen LogP contribution in [0.4, 0.5) is 4.79 Å². The van der Waals surface area contributed by atoms with E-state index in [0.717, 1.165) is 18.4 Å². The third-order valence-corrected chi connectivity index (χ3v) is 4.41. The molecule has 1 fully saturated rings. The largest absolute Gasteiger partial charge is 0.460 e. The SMILES string of the molecule is CN(C)C(=O)OC1CCCCC1(C)C(=O)OCc1ccccc1. The molecule has 1 aromatic carbocycles. The lowest BCUT2D eigenvalue weighted by Gasteiger charge is -2.38. The molecule has 126 valence electrons. The first-order chi connectivity index (χ1) is 10.9. The Morgan fingerprint density at radius 1 is 1.22 bits per heavy atom. The number of hydrogen-bond acceptors (Lipinski definition) is 4. The van der Waals surface area contributed by atoms with Gasteiger partial charge < -0.3 is 14.4 Å². The van der Waals surface area contributed by atoms with Crippen LogP contribution in [0.15, 0.2) is 30.3 Å². The fourth-order valence-corrected chi connectivity index (χ4v) is 2.84. The summed E-state index contributed by atoms with van der Waals surface area (Å²) in [6.45, 7) is 2.08. The summed E-state index contributed by atoms with van der Waals surface area (Å²) >= 11 is 0. The highest BCUT2D eigenvalue weighted by Gasteiger charge is 2.46. The first kappa shape index (κ1) is 17.3. The summed E-state index contributed by atoms with van der Waals surface area (Å²) in [4.78, 5) is 25.9. The molecule has 0 aromatic heterocycles. The van der Waals surface area contributed by atoms with E-state index in [1.54, 1.807) is 14.1 Å². The summed E-state index contributed by atoms with van der Waals surface area (Å²) in [5, 5.41) is 0. The lowest BCUT2D eigenvalue weighted by atomic mass is 9.73. The number of nitrogens with zero attached hydrogens (tertiary/aromatic N) is 1. The number of ether oxygens (including phenoxy) is 2. The topological polar surface area (TPSA) is 55.8 Å². The molecule has 5 heteroatoms. The monoisotopic (exact) mass is 319 g/mol. The Bertz CT molecular complexity index is 543. The van der Waals surface area contributed by atoms with Crippen molar-refractivity contribution in [3.8, 4) is 0 Å². The van der Waals surface area contributed by atoms with Gasteiger partial charge in [0.25, 0.3) is 0 Å². The maximum absolute atomic E-state index is 12.6. The second-order valence-electron chi connectivity index (χ2n) is 6.49. The van der Waals surface area contributed by atoms with Gasteiger partial charge in [0, 0.05) is 14.1 Å². The Kier molecular flexibility index (Phi) is 5.64. The lowest BCUT2D eigenvalue weighted by Crippen LogP contribution is -2.47. The molecule has 2 unspecified atom stereocenters. The predicted octanol–water partition coefficient (Wildman–Crippen LogP) is 3.38. The zero-order chi connectivity index (χ0) is 16.9. The van der Waals surface area contributed by atoms with Gasteiger partial charge in [-0.2, -0.15) is 0 Å². The Balaban J connectivity index is 2.03. The minimum Gasteiger partial charge on any atom is -0.460 e. The molecule has 0 bridgehead atoms. The zero-order valence-electron chi connectivity index (χ0n) is 14.1. The molecular weight excluding hydrogens is 294 g/mol. The van der Waals surface area contributed by atoms with Crippen molar-refractivity contribution in [3.63, 3.8) is 0 Å². The van der Waals surface area contributed by atoms with E-state index < -0.39 is 17.6 Å². The highest BCUT2D eigenvalue weighted by atomic mass is 16.6. The number of amides is 1. The summed E-state index contributed by atoms with van der Waals surface area (Å²) in [6.07, 6.45) is 2.40. The molecule has 1 aliphatic rings. The van der Waals surface area contributed by atoms with Crippen LogP contribution in [0.5, 0.6) is 0 Å². The summed E-state index contributed by atoms with van der Waals surface area (Å²) < 4.78 is 11.0. The number of benzene rings is 1. The van der Waals surface area contributed by atoms with Crippen LogP contribution in [0.2, 0.25) is 0 Å². The average molecular weight is 319 g/mol. The first-order valence-corrected chi connectivity index (χ1v) is 8.02. The van der Waals surface area contributed by atoms with Crippen LogP contribution < -0.4 is 0 Å². The lowest BCUT2D eigenvalue weighted by molar-refractivity contribution is -0.167. The normalized spacial score (nSPS) is 23.9. The molecule has 2 rings (SSSR count). The number of carbonyl (C=O) groups is 2. The summed E-state index contributed by atoms with van der Waals surface area (Å²) in [6, 6.07) is 9.57. The van der Waals surface area contributed by atoms with Crippen LogP contribution in [0.3, 0.4) is 0 Å². The third-order valence-electron chi connectivity index (χ3n) is 4.41. The maximum atomic E-state index is 12.6. The second-order valence-corrected chi connectivity index (χ2v) is 6.49. The standard InChI is InChI=1S/C18H25NO4/c1-18(16(20)22-13-14-9-5-4-6-10-14)12-8-7-11-15(18)23-17(21)19(2)3/h4-6,9-10,15H,7-8,11-13H2,1-3H3. The van der Waals surface area contributed by atoms with Gasteiger partial charge >= 0.3 is 12.1 Å². The fourth-order valence-electron chi connectivity index (χ4n) is 2.84. The number of carbonyl (C=O) groups excluding carboxylic acids is 2. The molecule has 0 aliphatic heterocycles. The van der Waals surface area contributed by atoms with E-state index in [2.05, 4.69) is 0 Å². The molecule has 0 spiro atoms. The molecule has 1 saturated carbocycles. The maximum Gasteiger partial charge on any atom is 0.409 e. The molecule has 23 heavy (non-hydrogen) atoms. The summed E-state index contributed by atoms with van der Waals surface area (Å²) in [5.41, 5.74) is 0.167. The van der Waals surface area contributed by atoms with Crippen molar-refractivity contribution in [2.45, 2.75) is 45.3 Å². The van der Waals surface area contributed by atoms with Crippen molar-refractivity contribution in [2.24, 2.45) is 5.41 Å².